The van der Waals surface area contributed by atoms with E-state index < -0.39 is 0 Å². The van der Waals surface area contributed by atoms with Crippen LogP contribution in [0.15, 0.2) is 24.5 Å². The Balaban J connectivity index is 0.00000169. The second kappa shape index (κ2) is 6.80. The van der Waals surface area contributed by atoms with Crippen molar-refractivity contribution in [2.24, 2.45) is 11.7 Å². The summed E-state index contributed by atoms with van der Waals surface area (Å²) in [6, 6.07) is 4.12. The first-order valence-corrected chi connectivity index (χ1v) is 4.85. The molecule has 0 amide bonds. The third-order valence-electron chi connectivity index (χ3n) is 2.17. The number of nitrogens with two attached hydrogens (primary N) is 1. The van der Waals surface area contributed by atoms with E-state index in [0.29, 0.717) is 0 Å². The van der Waals surface area contributed by atoms with Crippen LogP contribution in [-0.2, 0) is 0 Å². The van der Waals surface area contributed by atoms with Crippen molar-refractivity contribution in [3.05, 3.63) is 30.1 Å². The monoisotopic (exact) mass is 214 g/mol. The Morgan fingerprint density at radius 3 is 2.57 bits per heavy atom. The number of hydrogen-bond donors (Lipinski definition) is 1. The number of rotatable bonds is 4. The minimum atomic E-state index is 0. The molecular formula is C11H19ClN2. The Morgan fingerprint density at radius 2 is 2.07 bits per heavy atom. The van der Waals surface area contributed by atoms with E-state index in [1.165, 1.54) is 6.42 Å². The lowest BCUT2D eigenvalue weighted by molar-refractivity contribution is 0.506. The van der Waals surface area contributed by atoms with E-state index in [-0.39, 0.29) is 18.4 Å². The lowest BCUT2D eigenvalue weighted by Gasteiger charge is -2.12. The van der Waals surface area contributed by atoms with E-state index in [1.807, 2.05) is 18.3 Å². The van der Waals surface area contributed by atoms with Crippen LogP contribution in [0.4, 0.5) is 0 Å². The molecule has 0 aliphatic carbocycles. The molecule has 2 nitrogen and oxygen atoms in total. The van der Waals surface area contributed by atoms with Crippen molar-refractivity contribution >= 4 is 12.4 Å². The summed E-state index contributed by atoms with van der Waals surface area (Å²) < 4.78 is 0. The van der Waals surface area contributed by atoms with Gasteiger partial charge in [0.15, 0.2) is 0 Å². The molecule has 0 radical (unpaired) electrons. The highest BCUT2D eigenvalue weighted by Crippen LogP contribution is 2.17. The summed E-state index contributed by atoms with van der Waals surface area (Å²) in [5.41, 5.74) is 7.15. The lowest BCUT2D eigenvalue weighted by Crippen LogP contribution is -2.11. The fourth-order valence-electron chi connectivity index (χ4n) is 1.27. The first kappa shape index (κ1) is 13.4. The first-order valence-electron chi connectivity index (χ1n) is 4.85. The van der Waals surface area contributed by atoms with Gasteiger partial charge in [-0.3, -0.25) is 4.98 Å². The lowest BCUT2D eigenvalue weighted by atomic mass is 10.00. The molecule has 0 saturated heterocycles. The van der Waals surface area contributed by atoms with Crippen molar-refractivity contribution in [1.29, 1.82) is 0 Å². The molecule has 1 atom stereocenters. The summed E-state index contributed by atoms with van der Waals surface area (Å²) in [5.74, 6) is 0.725. The van der Waals surface area contributed by atoms with Gasteiger partial charge in [0.1, 0.15) is 0 Å². The summed E-state index contributed by atoms with van der Waals surface area (Å²) in [5, 5.41) is 0. The molecule has 3 heteroatoms. The molecule has 1 aromatic rings. The molecule has 0 aliphatic heterocycles. The van der Waals surface area contributed by atoms with E-state index in [9.17, 15) is 0 Å². The van der Waals surface area contributed by atoms with Crippen LogP contribution in [0.3, 0.4) is 0 Å². The van der Waals surface area contributed by atoms with Gasteiger partial charge in [-0.1, -0.05) is 19.9 Å². The van der Waals surface area contributed by atoms with Gasteiger partial charge >= 0.3 is 0 Å². The van der Waals surface area contributed by atoms with E-state index >= 15 is 0 Å². The van der Waals surface area contributed by atoms with Crippen molar-refractivity contribution in [3.63, 3.8) is 0 Å². The number of aromatic nitrogens is 1. The Labute approximate surface area is 92.3 Å². The summed E-state index contributed by atoms with van der Waals surface area (Å²) in [6.07, 6.45) is 5.85. The molecule has 1 rings (SSSR count). The summed E-state index contributed by atoms with van der Waals surface area (Å²) >= 11 is 0. The fourth-order valence-corrected chi connectivity index (χ4v) is 1.27. The van der Waals surface area contributed by atoms with Gasteiger partial charge in [0.05, 0.1) is 0 Å². The van der Waals surface area contributed by atoms with Crippen molar-refractivity contribution in [1.82, 2.24) is 4.98 Å². The average Bonchev–Trinajstić information content (AvgIpc) is 2.15. The zero-order valence-corrected chi connectivity index (χ0v) is 9.63. The topological polar surface area (TPSA) is 38.9 Å². The van der Waals surface area contributed by atoms with Gasteiger partial charge < -0.3 is 5.73 Å². The smallest absolute Gasteiger partial charge is 0.0315 e. The van der Waals surface area contributed by atoms with Crippen molar-refractivity contribution < 1.29 is 0 Å². The van der Waals surface area contributed by atoms with Gasteiger partial charge in [0, 0.05) is 18.4 Å². The molecule has 2 N–H and O–H groups in total. The third kappa shape index (κ3) is 4.58. The van der Waals surface area contributed by atoms with Crippen molar-refractivity contribution in [2.45, 2.75) is 32.7 Å². The first-order chi connectivity index (χ1) is 6.20. The Bertz CT molecular complexity index is 236. The second-order valence-electron chi connectivity index (χ2n) is 3.86. The molecule has 0 bridgehead atoms. The van der Waals surface area contributed by atoms with Crippen LogP contribution in [0.2, 0.25) is 0 Å². The van der Waals surface area contributed by atoms with Crippen molar-refractivity contribution in [3.8, 4) is 0 Å². The quantitative estimate of drug-likeness (QED) is 0.837. The predicted octanol–water partition coefficient (Wildman–Crippen LogP) is 2.94. The van der Waals surface area contributed by atoms with Crippen molar-refractivity contribution in [2.75, 3.05) is 0 Å². The zero-order valence-electron chi connectivity index (χ0n) is 8.81. The standard InChI is InChI=1S/C11H18N2.ClH/c1-9(2)5-6-11(12)10-4-3-7-13-8-10;/h3-4,7-9,11H,5-6,12H2,1-2H3;1H/t11-;/m0./s1. The minimum absolute atomic E-state index is 0. The maximum Gasteiger partial charge on any atom is 0.0315 e. The largest absolute Gasteiger partial charge is 0.324 e. The third-order valence-corrected chi connectivity index (χ3v) is 2.17. The summed E-state index contributed by atoms with van der Waals surface area (Å²) in [4.78, 5) is 4.05. The Morgan fingerprint density at radius 1 is 1.36 bits per heavy atom. The highest BCUT2D eigenvalue weighted by Gasteiger charge is 2.06. The molecule has 1 heterocycles. The molecule has 0 fully saturated rings. The maximum atomic E-state index is 6.00. The molecule has 0 spiro atoms. The van der Waals surface area contributed by atoms with Crippen LogP contribution in [0, 0.1) is 5.92 Å². The second-order valence-corrected chi connectivity index (χ2v) is 3.86. The Kier molecular flexibility index (Phi) is 6.50. The van der Waals surface area contributed by atoms with E-state index in [1.54, 1.807) is 6.20 Å². The van der Waals surface area contributed by atoms with E-state index in [2.05, 4.69) is 18.8 Å². The van der Waals surface area contributed by atoms with Crippen LogP contribution in [-0.4, -0.2) is 4.98 Å². The molecule has 0 unspecified atom stereocenters. The number of hydrogen-bond acceptors (Lipinski definition) is 2. The van der Waals surface area contributed by atoms with Crippen LogP contribution in [0.5, 0.6) is 0 Å². The molecule has 0 aromatic carbocycles. The van der Waals surface area contributed by atoms with Gasteiger partial charge in [-0.2, -0.15) is 0 Å². The predicted molar refractivity (Wildman–Crippen MR) is 62.5 cm³/mol. The average molecular weight is 215 g/mol. The molecular weight excluding hydrogens is 196 g/mol. The summed E-state index contributed by atoms with van der Waals surface area (Å²) in [6.45, 7) is 4.44. The van der Waals surface area contributed by atoms with E-state index in [0.717, 1.165) is 17.9 Å². The molecule has 80 valence electrons. The van der Waals surface area contributed by atoms with Crippen LogP contribution >= 0.6 is 12.4 Å². The maximum absolute atomic E-state index is 6.00. The zero-order chi connectivity index (χ0) is 9.68. The van der Waals surface area contributed by atoms with Gasteiger partial charge in [0.25, 0.3) is 0 Å². The molecule has 1 aromatic heterocycles. The number of nitrogens with zero attached hydrogens (tertiary/aromatic N) is 1. The highest BCUT2D eigenvalue weighted by atomic mass is 35.5. The van der Waals surface area contributed by atoms with Gasteiger partial charge in [-0.15, -0.1) is 12.4 Å². The Hall–Kier alpha value is -0.600. The number of pyridine rings is 1. The van der Waals surface area contributed by atoms with Crippen LogP contribution in [0.1, 0.15) is 38.3 Å². The van der Waals surface area contributed by atoms with Crippen LogP contribution in [0.25, 0.3) is 0 Å². The van der Waals surface area contributed by atoms with E-state index in [4.69, 9.17) is 5.73 Å². The molecule has 0 aliphatic rings. The summed E-state index contributed by atoms with van der Waals surface area (Å²) in [7, 11) is 0. The highest BCUT2D eigenvalue weighted by molar-refractivity contribution is 5.85. The van der Waals surface area contributed by atoms with Gasteiger partial charge in [-0.05, 0) is 30.4 Å². The molecule has 14 heavy (non-hydrogen) atoms. The van der Waals surface area contributed by atoms with Gasteiger partial charge in [0.2, 0.25) is 0 Å². The number of halogens is 1. The molecule has 0 saturated carbocycles. The normalized spacial score (nSPS) is 12.3. The fraction of sp³-hybridized carbons (Fsp3) is 0.545. The van der Waals surface area contributed by atoms with Crippen LogP contribution < -0.4 is 5.73 Å². The minimum Gasteiger partial charge on any atom is -0.324 e. The van der Waals surface area contributed by atoms with Gasteiger partial charge in [-0.25, -0.2) is 0 Å². The SMILES string of the molecule is CC(C)CC[C@H](N)c1cccnc1.Cl.